The van der Waals surface area contributed by atoms with Crippen LogP contribution < -0.4 is 0 Å². The molecule has 0 fully saturated rings. The third kappa shape index (κ3) is 11.9. The van der Waals surface area contributed by atoms with Crippen molar-refractivity contribution in [3.63, 3.8) is 0 Å². The van der Waals surface area contributed by atoms with Gasteiger partial charge in [0, 0.05) is 0 Å². The Morgan fingerprint density at radius 2 is 1.10 bits per heavy atom. The van der Waals surface area contributed by atoms with E-state index in [9.17, 15) is 13.0 Å². The fourth-order valence-corrected chi connectivity index (χ4v) is 20.3. The summed E-state index contributed by atoms with van der Waals surface area (Å²) in [6.07, 6.45) is 9.41. The number of hydrogen-bond donors (Lipinski definition) is 0. The summed E-state index contributed by atoms with van der Waals surface area (Å²) >= 11 is -2.09. The molecule has 3 nitrogen and oxygen atoms in total. The van der Waals surface area contributed by atoms with E-state index in [1.807, 2.05) is 0 Å². The molecular weight excluding hydrogens is 391 g/mol. The van der Waals surface area contributed by atoms with Crippen LogP contribution in [0.3, 0.4) is 0 Å². The molecule has 5 heteroatoms. The second-order valence-corrected chi connectivity index (χ2v) is 22.3. The first-order valence-electron chi connectivity index (χ1n) is 8.82. The van der Waals surface area contributed by atoms with Crippen molar-refractivity contribution in [1.82, 2.24) is 0 Å². The minimum atomic E-state index is -4.02. The van der Waals surface area contributed by atoms with E-state index < -0.39 is 28.5 Å². The quantitative estimate of drug-likeness (QED) is 0.219. The Morgan fingerprint density at radius 1 is 0.714 bits per heavy atom. The molecule has 0 saturated carbocycles. The molecule has 0 saturated heterocycles. The average molecular weight is 426 g/mol. The standard InChI is InChI=1S/C4H9O3S.3C4H9.Sn/c1-2-3-4-8(5,6)7;3*1-3-4-2;/h1-4H2,(H,5,6,7);3*1,3-4H2,2H3;/p-1. The van der Waals surface area contributed by atoms with Crippen molar-refractivity contribution in [1.29, 1.82) is 0 Å². The molecule has 0 N–H and O–H groups in total. The normalized spacial score (nSPS) is 12.8. The molecule has 0 aromatic carbocycles. The average Bonchev–Trinajstić information content (AvgIpc) is 2.43. The molecule has 0 rings (SSSR count). The van der Waals surface area contributed by atoms with Crippen LogP contribution in [-0.2, 0) is 10.1 Å². The first-order chi connectivity index (χ1) is 9.89. The van der Waals surface area contributed by atoms with Crippen molar-refractivity contribution in [2.24, 2.45) is 0 Å². The molecule has 0 aliphatic rings. The minimum absolute atomic E-state index is 0.162. The summed E-state index contributed by atoms with van der Waals surface area (Å²) in [6, 6.07) is 0. The second kappa shape index (κ2) is 12.2. The van der Waals surface area contributed by atoms with Gasteiger partial charge in [0.05, 0.1) is 0 Å². The SMILES string of the molecule is CCC[CH2][Sn]([CH2]CCC)([CH2]CCC)[CH2]CCCS(=O)(=O)[O-]. The van der Waals surface area contributed by atoms with Crippen LogP contribution in [0.1, 0.15) is 72.1 Å². The van der Waals surface area contributed by atoms with Crippen molar-refractivity contribution >= 4 is 28.5 Å². The van der Waals surface area contributed by atoms with Crippen LogP contribution >= 0.6 is 0 Å². The van der Waals surface area contributed by atoms with E-state index in [4.69, 9.17) is 0 Å². The van der Waals surface area contributed by atoms with Gasteiger partial charge in [-0.05, 0) is 0 Å². The van der Waals surface area contributed by atoms with Gasteiger partial charge in [0.15, 0.2) is 0 Å². The van der Waals surface area contributed by atoms with Gasteiger partial charge in [0.25, 0.3) is 0 Å². The molecule has 0 aliphatic carbocycles. The van der Waals surface area contributed by atoms with Crippen LogP contribution in [0, 0.1) is 0 Å². The van der Waals surface area contributed by atoms with E-state index in [-0.39, 0.29) is 5.75 Å². The molecule has 0 bridgehead atoms. The van der Waals surface area contributed by atoms with Gasteiger partial charge in [0.2, 0.25) is 0 Å². The molecule has 0 aromatic rings. The van der Waals surface area contributed by atoms with Crippen LogP contribution in [0.15, 0.2) is 0 Å². The van der Waals surface area contributed by atoms with E-state index in [1.54, 1.807) is 0 Å². The molecule has 21 heavy (non-hydrogen) atoms. The molecule has 0 amide bonds. The molecule has 0 heterocycles. The van der Waals surface area contributed by atoms with Crippen LogP contribution in [0.5, 0.6) is 0 Å². The van der Waals surface area contributed by atoms with E-state index in [0.717, 1.165) is 6.42 Å². The summed E-state index contributed by atoms with van der Waals surface area (Å²) in [7, 11) is -4.02. The third-order valence-electron chi connectivity index (χ3n) is 4.53. The van der Waals surface area contributed by atoms with Gasteiger partial charge < -0.3 is 0 Å². The first kappa shape index (κ1) is 21.7. The zero-order valence-electron chi connectivity index (χ0n) is 14.3. The number of hydrogen-bond acceptors (Lipinski definition) is 3. The van der Waals surface area contributed by atoms with Crippen molar-refractivity contribution in [3.8, 4) is 0 Å². The fraction of sp³-hybridized carbons (Fsp3) is 1.00. The van der Waals surface area contributed by atoms with E-state index in [0.29, 0.717) is 6.42 Å². The van der Waals surface area contributed by atoms with Crippen LogP contribution in [0.25, 0.3) is 0 Å². The Balaban J connectivity index is 4.54. The first-order valence-corrected chi connectivity index (χ1v) is 18.5. The molecule has 0 spiro atoms. The van der Waals surface area contributed by atoms with Crippen molar-refractivity contribution in [2.75, 3.05) is 5.75 Å². The van der Waals surface area contributed by atoms with Gasteiger partial charge in [0.1, 0.15) is 0 Å². The molecule has 128 valence electrons. The van der Waals surface area contributed by atoms with Gasteiger partial charge >= 0.3 is 137 Å². The third-order valence-corrected chi connectivity index (χ3v) is 21.5. The van der Waals surface area contributed by atoms with Crippen molar-refractivity contribution < 1.29 is 13.0 Å². The molecule has 0 unspecified atom stereocenters. The van der Waals surface area contributed by atoms with Crippen LogP contribution in [-0.4, -0.2) is 37.1 Å². The zero-order chi connectivity index (χ0) is 16.2. The van der Waals surface area contributed by atoms with Gasteiger partial charge in [-0.15, -0.1) is 0 Å². The van der Waals surface area contributed by atoms with E-state index in [2.05, 4.69) is 20.8 Å². The monoisotopic (exact) mass is 427 g/mol. The molecule has 0 aromatic heterocycles. The summed E-state index contributed by atoms with van der Waals surface area (Å²) < 4.78 is 37.9. The van der Waals surface area contributed by atoms with Gasteiger partial charge in [-0.2, -0.15) is 0 Å². The Bertz CT molecular complexity index is 320. The molecule has 0 atom stereocenters. The summed E-state index contributed by atoms with van der Waals surface area (Å²) in [6.45, 7) is 6.79. The van der Waals surface area contributed by atoms with E-state index >= 15 is 0 Å². The molecule has 0 radical (unpaired) electrons. The van der Waals surface area contributed by atoms with Gasteiger partial charge in [-0.25, -0.2) is 0 Å². The van der Waals surface area contributed by atoms with Gasteiger partial charge in [-0.3, -0.25) is 0 Å². The summed E-state index contributed by atoms with van der Waals surface area (Å²) in [4.78, 5) is 0. The van der Waals surface area contributed by atoms with E-state index in [1.165, 1.54) is 56.3 Å². The van der Waals surface area contributed by atoms with Crippen LogP contribution in [0.2, 0.25) is 17.7 Å². The summed E-state index contributed by atoms with van der Waals surface area (Å²) in [5.41, 5.74) is 0. The zero-order valence-corrected chi connectivity index (χ0v) is 18.0. The van der Waals surface area contributed by atoms with Crippen molar-refractivity contribution in [3.05, 3.63) is 0 Å². The fourth-order valence-electron chi connectivity index (χ4n) is 3.18. The Morgan fingerprint density at radius 3 is 1.43 bits per heavy atom. The Hall–Kier alpha value is 0.709. The maximum absolute atomic E-state index is 10.7. The second-order valence-electron chi connectivity index (χ2n) is 6.53. The Kier molecular flexibility index (Phi) is 12.6. The number of rotatable bonds is 14. The Labute approximate surface area is 136 Å². The predicted molar refractivity (Wildman–Crippen MR) is 93.5 cm³/mol. The van der Waals surface area contributed by atoms with Crippen LogP contribution in [0.4, 0.5) is 0 Å². The molecular formula is C16H35O3SSn-. The molecule has 0 aliphatic heterocycles. The van der Waals surface area contributed by atoms with Crippen molar-refractivity contribution in [2.45, 2.75) is 89.9 Å². The maximum atomic E-state index is 10.7. The predicted octanol–water partition coefficient (Wildman–Crippen LogP) is 5.16. The topological polar surface area (TPSA) is 57.2 Å². The summed E-state index contributed by atoms with van der Waals surface area (Å²) in [5.74, 6) is -0.162. The number of unbranched alkanes of at least 4 members (excludes halogenated alkanes) is 4. The summed E-state index contributed by atoms with van der Waals surface area (Å²) in [5, 5.41) is 0. The van der Waals surface area contributed by atoms with Gasteiger partial charge in [-0.1, -0.05) is 0 Å².